The minimum Gasteiger partial charge on any atom is -0.466 e. The third-order valence-corrected chi connectivity index (χ3v) is 6.55. The molecular weight excluding hydrogens is 236 g/mol. The van der Waals surface area contributed by atoms with E-state index in [9.17, 15) is 4.79 Å². The van der Waals surface area contributed by atoms with Gasteiger partial charge in [-0.05, 0) is 61.7 Å². The summed E-state index contributed by atoms with van der Waals surface area (Å²) < 4.78 is 4.92. The molecule has 2 heteroatoms. The Hall–Kier alpha value is -0.790. The standard InChI is InChI=1S/C17H26O2/c1-11(15(18)19-4)16(2,3)17-8-12-5-13(9-17)7-14(6-12)10-17/h12-14H,1,5-10H2,2-4H3. The molecule has 2 nitrogen and oxygen atoms in total. The predicted octanol–water partition coefficient (Wildman–Crippen LogP) is 3.96. The van der Waals surface area contributed by atoms with Crippen LogP contribution in [0.25, 0.3) is 0 Å². The molecule has 0 heterocycles. The van der Waals surface area contributed by atoms with E-state index in [1.54, 1.807) is 0 Å². The zero-order valence-corrected chi connectivity index (χ0v) is 12.5. The van der Waals surface area contributed by atoms with Crippen molar-refractivity contribution in [1.82, 2.24) is 0 Å². The van der Waals surface area contributed by atoms with Gasteiger partial charge < -0.3 is 4.74 Å². The number of rotatable bonds is 3. The quantitative estimate of drug-likeness (QED) is 0.568. The monoisotopic (exact) mass is 262 g/mol. The minimum absolute atomic E-state index is 0.129. The molecule has 4 rings (SSSR count). The topological polar surface area (TPSA) is 26.3 Å². The van der Waals surface area contributed by atoms with Crippen molar-refractivity contribution in [3.05, 3.63) is 12.2 Å². The van der Waals surface area contributed by atoms with Crippen LogP contribution in [0.5, 0.6) is 0 Å². The van der Waals surface area contributed by atoms with Gasteiger partial charge in [-0.25, -0.2) is 4.79 Å². The molecule has 4 bridgehead atoms. The minimum atomic E-state index is -0.222. The van der Waals surface area contributed by atoms with Crippen molar-refractivity contribution in [1.29, 1.82) is 0 Å². The lowest BCUT2D eigenvalue weighted by molar-refractivity contribution is -0.143. The number of carbonyl (C=O) groups is 1. The van der Waals surface area contributed by atoms with Gasteiger partial charge in [-0.1, -0.05) is 20.4 Å². The Balaban J connectivity index is 1.92. The van der Waals surface area contributed by atoms with Crippen LogP contribution in [-0.2, 0) is 9.53 Å². The predicted molar refractivity (Wildman–Crippen MR) is 75.5 cm³/mol. The molecule has 4 saturated carbocycles. The van der Waals surface area contributed by atoms with Crippen LogP contribution in [0.1, 0.15) is 52.4 Å². The fourth-order valence-electron chi connectivity index (χ4n) is 5.57. The fraction of sp³-hybridized carbons (Fsp3) is 0.824. The van der Waals surface area contributed by atoms with Gasteiger partial charge in [0.15, 0.2) is 0 Å². The van der Waals surface area contributed by atoms with E-state index >= 15 is 0 Å². The average molecular weight is 262 g/mol. The fourth-order valence-corrected chi connectivity index (χ4v) is 5.57. The molecule has 4 fully saturated rings. The molecule has 0 saturated heterocycles. The van der Waals surface area contributed by atoms with Crippen molar-refractivity contribution in [2.45, 2.75) is 52.4 Å². The normalized spacial score (nSPS) is 40.3. The van der Waals surface area contributed by atoms with Crippen molar-refractivity contribution in [2.75, 3.05) is 7.11 Å². The molecule has 4 aliphatic carbocycles. The highest BCUT2D eigenvalue weighted by Crippen LogP contribution is 2.67. The van der Waals surface area contributed by atoms with Crippen molar-refractivity contribution < 1.29 is 9.53 Å². The summed E-state index contributed by atoms with van der Waals surface area (Å²) in [6.45, 7) is 8.52. The maximum Gasteiger partial charge on any atom is 0.333 e. The Morgan fingerprint density at radius 1 is 1.11 bits per heavy atom. The van der Waals surface area contributed by atoms with E-state index in [4.69, 9.17) is 4.74 Å². The van der Waals surface area contributed by atoms with Crippen molar-refractivity contribution in [3.63, 3.8) is 0 Å². The summed E-state index contributed by atoms with van der Waals surface area (Å²) in [4.78, 5) is 11.9. The van der Waals surface area contributed by atoms with Crippen LogP contribution >= 0.6 is 0 Å². The summed E-state index contributed by atoms with van der Waals surface area (Å²) in [5, 5.41) is 0. The van der Waals surface area contributed by atoms with Crippen molar-refractivity contribution in [2.24, 2.45) is 28.6 Å². The Bertz CT molecular complexity index is 384. The van der Waals surface area contributed by atoms with Gasteiger partial charge in [0, 0.05) is 11.0 Å². The number of hydrogen-bond donors (Lipinski definition) is 0. The second kappa shape index (κ2) is 4.10. The summed E-state index contributed by atoms with van der Waals surface area (Å²) in [7, 11) is 1.46. The summed E-state index contributed by atoms with van der Waals surface area (Å²) in [6.07, 6.45) is 8.17. The van der Waals surface area contributed by atoms with Crippen molar-refractivity contribution in [3.8, 4) is 0 Å². The first kappa shape index (κ1) is 13.2. The van der Waals surface area contributed by atoms with Gasteiger partial charge in [-0.3, -0.25) is 0 Å². The summed E-state index contributed by atoms with van der Waals surface area (Å²) >= 11 is 0. The molecule has 106 valence electrons. The Kier molecular flexibility index (Phi) is 2.85. The number of carbonyl (C=O) groups excluding carboxylic acids is 1. The third-order valence-electron chi connectivity index (χ3n) is 6.55. The van der Waals surface area contributed by atoms with Crippen LogP contribution in [0, 0.1) is 28.6 Å². The highest BCUT2D eigenvalue weighted by Gasteiger charge is 2.58. The molecule has 0 amide bonds. The molecule has 0 aromatic rings. The number of hydrogen-bond acceptors (Lipinski definition) is 2. The van der Waals surface area contributed by atoms with Crippen LogP contribution in [0.2, 0.25) is 0 Å². The molecule has 0 N–H and O–H groups in total. The Morgan fingerprint density at radius 2 is 1.53 bits per heavy atom. The van der Waals surface area contributed by atoms with E-state index < -0.39 is 0 Å². The summed E-state index contributed by atoms with van der Waals surface area (Å²) in [6, 6.07) is 0. The summed E-state index contributed by atoms with van der Waals surface area (Å²) in [5.41, 5.74) is 0.848. The van der Waals surface area contributed by atoms with E-state index in [-0.39, 0.29) is 11.4 Å². The van der Waals surface area contributed by atoms with E-state index in [2.05, 4.69) is 20.4 Å². The molecule has 4 aliphatic rings. The van der Waals surface area contributed by atoms with Gasteiger partial charge in [-0.15, -0.1) is 0 Å². The highest BCUT2D eigenvalue weighted by molar-refractivity contribution is 5.89. The van der Waals surface area contributed by atoms with Crippen LogP contribution in [0.15, 0.2) is 12.2 Å². The first-order valence-electron chi connectivity index (χ1n) is 7.65. The second-order valence-electron chi connectivity index (χ2n) is 7.79. The zero-order chi connectivity index (χ0) is 13.8. The first-order chi connectivity index (χ1) is 8.88. The van der Waals surface area contributed by atoms with Crippen LogP contribution in [-0.4, -0.2) is 13.1 Å². The molecule has 0 unspecified atom stereocenters. The number of ether oxygens (including phenoxy) is 1. The Labute approximate surface area is 116 Å². The lowest BCUT2D eigenvalue weighted by Gasteiger charge is -2.62. The van der Waals surface area contributed by atoms with Gasteiger partial charge >= 0.3 is 5.97 Å². The largest absolute Gasteiger partial charge is 0.466 e. The second-order valence-corrected chi connectivity index (χ2v) is 7.79. The average Bonchev–Trinajstić information content (AvgIpc) is 2.35. The SMILES string of the molecule is C=C(C(=O)OC)C(C)(C)C12CC3CC(CC(C3)C1)C2. The van der Waals surface area contributed by atoms with Crippen LogP contribution in [0.3, 0.4) is 0 Å². The molecular formula is C17H26O2. The lowest BCUT2D eigenvalue weighted by Crippen LogP contribution is -2.54. The van der Waals surface area contributed by atoms with E-state index in [1.165, 1.54) is 45.6 Å². The molecule has 0 aromatic carbocycles. The molecule has 0 spiro atoms. The third kappa shape index (κ3) is 1.79. The highest BCUT2D eigenvalue weighted by atomic mass is 16.5. The van der Waals surface area contributed by atoms with Crippen molar-refractivity contribution >= 4 is 5.97 Å². The molecule has 0 radical (unpaired) electrons. The van der Waals surface area contributed by atoms with Gasteiger partial charge in [0.05, 0.1) is 7.11 Å². The van der Waals surface area contributed by atoms with E-state index in [0.717, 1.165) is 17.8 Å². The molecule has 19 heavy (non-hydrogen) atoms. The summed E-state index contributed by atoms with van der Waals surface area (Å²) in [5.74, 6) is 2.48. The molecule has 0 aliphatic heterocycles. The van der Waals surface area contributed by atoms with Crippen LogP contribution in [0.4, 0.5) is 0 Å². The van der Waals surface area contributed by atoms with Gasteiger partial charge in [0.1, 0.15) is 0 Å². The van der Waals surface area contributed by atoms with Gasteiger partial charge in [-0.2, -0.15) is 0 Å². The van der Waals surface area contributed by atoms with Gasteiger partial charge in [0.2, 0.25) is 0 Å². The van der Waals surface area contributed by atoms with Crippen LogP contribution < -0.4 is 0 Å². The number of methoxy groups -OCH3 is 1. The maximum atomic E-state index is 11.9. The van der Waals surface area contributed by atoms with E-state index in [1.807, 2.05) is 0 Å². The maximum absolute atomic E-state index is 11.9. The number of esters is 1. The first-order valence-corrected chi connectivity index (χ1v) is 7.65. The Morgan fingerprint density at radius 3 is 1.89 bits per heavy atom. The van der Waals surface area contributed by atoms with Gasteiger partial charge in [0.25, 0.3) is 0 Å². The smallest absolute Gasteiger partial charge is 0.333 e. The molecule has 0 aromatic heterocycles. The molecule has 0 atom stereocenters. The zero-order valence-electron chi connectivity index (χ0n) is 12.5. The van der Waals surface area contributed by atoms with E-state index in [0.29, 0.717) is 11.0 Å². The lowest BCUT2D eigenvalue weighted by atomic mass is 9.42.